The van der Waals surface area contributed by atoms with E-state index in [1.54, 1.807) is 30.3 Å². The van der Waals surface area contributed by atoms with E-state index >= 15 is 0 Å². The summed E-state index contributed by atoms with van der Waals surface area (Å²) in [5.41, 5.74) is 3.50. The Morgan fingerprint density at radius 2 is 1.97 bits per heavy atom. The Balaban J connectivity index is 1.66. The van der Waals surface area contributed by atoms with Gasteiger partial charge in [-0.05, 0) is 62.2 Å². The molecule has 3 aromatic rings. The van der Waals surface area contributed by atoms with Crippen molar-refractivity contribution in [2.24, 2.45) is 0 Å². The summed E-state index contributed by atoms with van der Waals surface area (Å²) in [4.78, 5) is 25.0. The third-order valence-corrected chi connectivity index (χ3v) is 6.20. The highest BCUT2D eigenvalue weighted by atomic mass is 35.5. The van der Waals surface area contributed by atoms with Gasteiger partial charge in [0, 0.05) is 22.8 Å². The lowest BCUT2D eigenvalue weighted by Gasteiger charge is -2.15. The molecule has 7 nitrogen and oxygen atoms in total. The van der Waals surface area contributed by atoms with Crippen LogP contribution in [0, 0.1) is 13.8 Å². The molecule has 2 aromatic carbocycles. The Labute approximate surface area is 202 Å². The zero-order chi connectivity index (χ0) is 24.0. The zero-order valence-corrected chi connectivity index (χ0v) is 20.3. The molecule has 2 amide bonds. The van der Waals surface area contributed by atoms with E-state index < -0.39 is 6.04 Å². The van der Waals surface area contributed by atoms with Crippen molar-refractivity contribution in [3.63, 3.8) is 0 Å². The maximum atomic E-state index is 12.6. The molecule has 0 bridgehead atoms. The topological polar surface area (TPSA) is 88.9 Å². The van der Waals surface area contributed by atoms with Gasteiger partial charge in [0.05, 0.1) is 11.8 Å². The second-order valence-corrected chi connectivity index (χ2v) is 8.96. The summed E-state index contributed by atoms with van der Waals surface area (Å²) in [6, 6.07) is 12.1. The molecule has 0 aliphatic carbocycles. The molecule has 0 fully saturated rings. The number of halogens is 1. The maximum Gasteiger partial charge on any atom is 0.251 e. The average Bonchev–Trinajstić information content (AvgIpc) is 3.18. The molecule has 3 rings (SSSR count). The molecule has 0 saturated carbocycles. The van der Waals surface area contributed by atoms with Crippen LogP contribution in [0.3, 0.4) is 0 Å². The number of amides is 2. The summed E-state index contributed by atoms with van der Waals surface area (Å²) < 4.78 is 1.84. The molecule has 9 heteroatoms. The summed E-state index contributed by atoms with van der Waals surface area (Å²) in [7, 11) is 0. The fraction of sp³-hybridized carbons (Fsp3) is 0.250. The summed E-state index contributed by atoms with van der Waals surface area (Å²) in [5.74, 6) is 0.341. The number of allylic oxidation sites excluding steroid dienone is 1. The van der Waals surface area contributed by atoms with Crippen molar-refractivity contribution in [1.82, 2.24) is 20.1 Å². The highest BCUT2D eigenvalue weighted by molar-refractivity contribution is 7.99. The molecule has 0 aliphatic rings. The first-order valence-electron chi connectivity index (χ1n) is 10.4. The van der Waals surface area contributed by atoms with Crippen molar-refractivity contribution >= 4 is 40.9 Å². The summed E-state index contributed by atoms with van der Waals surface area (Å²) in [6.07, 6.45) is 1.72. The second-order valence-electron chi connectivity index (χ2n) is 7.58. The van der Waals surface area contributed by atoms with Crippen LogP contribution in [0.25, 0.3) is 0 Å². The predicted molar refractivity (Wildman–Crippen MR) is 133 cm³/mol. The number of aryl methyl sites for hydroxylation is 2. The van der Waals surface area contributed by atoms with E-state index in [-0.39, 0.29) is 17.6 Å². The predicted octanol–water partition coefficient (Wildman–Crippen LogP) is 4.96. The number of carbonyl (C=O) groups excluding carboxylic acids is 2. The fourth-order valence-electron chi connectivity index (χ4n) is 3.15. The van der Waals surface area contributed by atoms with Gasteiger partial charge in [-0.15, -0.1) is 16.8 Å². The largest absolute Gasteiger partial charge is 0.342 e. The number of aromatic nitrogens is 3. The van der Waals surface area contributed by atoms with Crippen LogP contribution in [-0.4, -0.2) is 32.3 Å². The van der Waals surface area contributed by atoms with Gasteiger partial charge >= 0.3 is 0 Å². The van der Waals surface area contributed by atoms with E-state index in [4.69, 9.17) is 11.6 Å². The number of hydrogen-bond acceptors (Lipinski definition) is 5. The number of anilines is 1. The van der Waals surface area contributed by atoms with Gasteiger partial charge in [-0.1, -0.05) is 41.6 Å². The number of rotatable bonds is 9. The molecule has 1 heterocycles. The van der Waals surface area contributed by atoms with Gasteiger partial charge in [0.25, 0.3) is 5.91 Å². The van der Waals surface area contributed by atoms with Crippen LogP contribution in [-0.2, 0) is 11.3 Å². The number of hydrogen-bond donors (Lipinski definition) is 2. The van der Waals surface area contributed by atoms with Gasteiger partial charge in [0.2, 0.25) is 5.91 Å². The molecule has 0 radical (unpaired) electrons. The van der Waals surface area contributed by atoms with Crippen LogP contribution in [0.2, 0.25) is 5.02 Å². The van der Waals surface area contributed by atoms with Gasteiger partial charge in [-0.25, -0.2) is 0 Å². The monoisotopic (exact) mass is 483 g/mol. The van der Waals surface area contributed by atoms with E-state index in [1.165, 1.54) is 17.3 Å². The Morgan fingerprint density at radius 3 is 2.67 bits per heavy atom. The number of thioether (sulfide) groups is 1. The normalized spacial score (nSPS) is 11.6. The summed E-state index contributed by atoms with van der Waals surface area (Å²) >= 11 is 7.26. The lowest BCUT2D eigenvalue weighted by molar-refractivity contribution is -0.113. The van der Waals surface area contributed by atoms with Crippen molar-refractivity contribution in [2.75, 3.05) is 11.1 Å². The molecule has 0 aliphatic heterocycles. The van der Waals surface area contributed by atoms with Crippen LogP contribution in [0.5, 0.6) is 0 Å². The highest BCUT2D eigenvalue weighted by Crippen LogP contribution is 2.22. The van der Waals surface area contributed by atoms with Gasteiger partial charge in [0.15, 0.2) is 11.0 Å². The lowest BCUT2D eigenvalue weighted by Crippen LogP contribution is -2.28. The van der Waals surface area contributed by atoms with E-state index in [2.05, 4.69) is 27.4 Å². The maximum absolute atomic E-state index is 12.6. The number of benzene rings is 2. The molecule has 0 saturated heterocycles. The van der Waals surface area contributed by atoms with Crippen molar-refractivity contribution in [1.29, 1.82) is 0 Å². The summed E-state index contributed by atoms with van der Waals surface area (Å²) in [5, 5.41) is 15.4. The summed E-state index contributed by atoms with van der Waals surface area (Å²) in [6.45, 7) is 10.1. The van der Waals surface area contributed by atoms with Crippen LogP contribution in [0.4, 0.5) is 5.69 Å². The minimum absolute atomic E-state index is 0.139. The SMILES string of the molecule is C=CCn1c(SCC(=O)Nc2ccc(C)c(C)c2)nnc1C(C)NC(=O)c1cccc(Cl)c1. The molecule has 1 aromatic heterocycles. The van der Waals surface area contributed by atoms with E-state index in [0.29, 0.717) is 28.1 Å². The minimum atomic E-state index is -0.414. The number of carbonyl (C=O) groups is 2. The minimum Gasteiger partial charge on any atom is -0.342 e. The van der Waals surface area contributed by atoms with Gasteiger partial charge < -0.3 is 15.2 Å². The Kier molecular flexibility index (Phi) is 8.30. The van der Waals surface area contributed by atoms with Gasteiger partial charge in [-0.3, -0.25) is 9.59 Å². The van der Waals surface area contributed by atoms with E-state index in [0.717, 1.165) is 11.3 Å². The van der Waals surface area contributed by atoms with Crippen LogP contribution in [0.1, 0.15) is 40.3 Å². The van der Waals surface area contributed by atoms with E-state index in [1.807, 2.05) is 43.5 Å². The molecule has 172 valence electrons. The van der Waals surface area contributed by atoms with Crippen LogP contribution in [0.15, 0.2) is 60.3 Å². The lowest BCUT2D eigenvalue weighted by atomic mass is 10.1. The standard InChI is InChI=1S/C24H26ClN5O2S/c1-5-11-30-22(17(4)26-23(32)18-7-6-8-19(25)13-18)28-29-24(30)33-14-21(31)27-20-10-9-15(2)16(3)12-20/h5-10,12-13,17H,1,11,14H2,2-4H3,(H,26,32)(H,27,31). The van der Waals surface area contributed by atoms with Crippen LogP contribution < -0.4 is 10.6 Å². The zero-order valence-electron chi connectivity index (χ0n) is 18.8. The first kappa shape index (κ1) is 24.5. The molecule has 1 unspecified atom stereocenters. The van der Waals surface area contributed by atoms with Crippen LogP contribution >= 0.6 is 23.4 Å². The number of nitrogens with one attached hydrogen (secondary N) is 2. The molecule has 0 spiro atoms. The fourth-order valence-corrected chi connectivity index (χ4v) is 4.09. The Morgan fingerprint density at radius 1 is 1.18 bits per heavy atom. The molecule has 2 N–H and O–H groups in total. The Bertz CT molecular complexity index is 1180. The third-order valence-electron chi connectivity index (χ3n) is 5.00. The van der Waals surface area contributed by atoms with Crippen molar-refractivity contribution < 1.29 is 9.59 Å². The molecule has 1 atom stereocenters. The van der Waals surface area contributed by atoms with Gasteiger partial charge in [-0.2, -0.15) is 0 Å². The Hall–Kier alpha value is -3.10. The quantitative estimate of drug-likeness (QED) is 0.332. The molecular weight excluding hydrogens is 458 g/mol. The van der Waals surface area contributed by atoms with Crippen molar-refractivity contribution in [3.05, 3.63) is 82.7 Å². The third kappa shape index (κ3) is 6.46. The molecule has 33 heavy (non-hydrogen) atoms. The second kappa shape index (κ2) is 11.2. The van der Waals surface area contributed by atoms with Crippen molar-refractivity contribution in [2.45, 2.75) is 38.5 Å². The van der Waals surface area contributed by atoms with E-state index in [9.17, 15) is 9.59 Å². The smallest absolute Gasteiger partial charge is 0.251 e. The highest BCUT2D eigenvalue weighted by Gasteiger charge is 2.20. The number of nitrogens with zero attached hydrogens (tertiary/aromatic N) is 3. The van der Waals surface area contributed by atoms with Gasteiger partial charge in [0.1, 0.15) is 0 Å². The van der Waals surface area contributed by atoms with Crippen molar-refractivity contribution in [3.8, 4) is 0 Å². The molecular formula is C24H26ClN5O2S. The average molecular weight is 484 g/mol. The first-order chi connectivity index (χ1) is 15.8. The first-order valence-corrected chi connectivity index (χ1v) is 11.7.